The maximum absolute atomic E-state index is 14.4. The van der Waals surface area contributed by atoms with Crippen molar-refractivity contribution in [2.24, 2.45) is 5.73 Å². The van der Waals surface area contributed by atoms with Crippen LogP contribution in [-0.4, -0.2) is 40.6 Å². The predicted molar refractivity (Wildman–Crippen MR) is 111 cm³/mol. The van der Waals surface area contributed by atoms with Crippen molar-refractivity contribution in [3.63, 3.8) is 0 Å². The van der Waals surface area contributed by atoms with Crippen LogP contribution in [0.5, 0.6) is 6.01 Å². The molecular weight excluding hydrogens is 371 g/mol. The van der Waals surface area contributed by atoms with Crippen LogP contribution in [0.3, 0.4) is 0 Å². The van der Waals surface area contributed by atoms with Gasteiger partial charge in [-0.05, 0) is 30.5 Å². The van der Waals surface area contributed by atoms with Crippen molar-refractivity contribution in [2.75, 3.05) is 26.0 Å². The number of fused-ring (bicyclic) bond motifs is 3. The van der Waals surface area contributed by atoms with Crippen molar-refractivity contribution in [3.8, 4) is 17.1 Å². The van der Waals surface area contributed by atoms with Gasteiger partial charge >= 0.3 is 6.01 Å². The summed E-state index contributed by atoms with van der Waals surface area (Å²) in [6.45, 7) is 0.511. The number of nitrogens with one attached hydrogen (secondary N) is 2. The van der Waals surface area contributed by atoms with Gasteiger partial charge in [0.2, 0.25) is 0 Å². The summed E-state index contributed by atoms with van der Waals surface area (Å²) in [5.74, 6) is -0.301. The van der Waals surface area contributed by atoms with Crippen LogP contribution in [-0.2, 0) is 5.41 Å². The van der Waals surface area contributed by atoms with E-state index in [4.69, 9.17) is 10.5 Å². The van der Waals surface area contributed by atoms with E-state index in [1.165, 1.54) is 13.2 Å². The van der Waals surface area contributed by atoms with Crippen molar-refractivity contribution >= 4 is 27.6 Å². The molecule has 4 aromatic rings. The first-order valence-electron chi connectivity index (χ1n) is 9.49. The molecule has 0 spiro atoms. The SMILES string of the molecule is CNc1cc(F)cc2c1[nH]c1ncc(-c3cnc(OC)nc3)c(C3(CN)CC3)c12. The molecule has 3 heterocycles. The highest BCUT2D eigenvalue weighted by molar-refractivity contribution is 6.13. The molecule has 4 N–H and O–H groups in total. The van der Waals surface area contributed by atoms with Crippen LogP contribution in [0.15, 0.2) is 30.7 Å². The quantitative estimate of drug-likeness (QED) is 0.481. The number of hydrogen-bond donors (Lipinski definition) is 3. The van der Waals surface area contributed by atoms with Gasteiger partial charge in [0.15, 0.2) is 0 Å². The zero-order valence-electron chi connectivity index (χ0n) is 16.2. The van der Waals surface area contributed by atoms with Crippen molar-refractivity contribution < 1.29 is 9.13 Å². The van der Waals surface area contributed by atoms with Crippen molar-refractivity contribution in [2.45, 2.75) is 18.3 Å². The third-order valence-electron chi connectivity index (χ3n) is 5.86. The fourth-order valence-electron chi connectivity index (χ4n) is 4.16. The Morgan fingerprint density at radius 2 is 1.97 bits per heavy atom. The van der Waals surface area contributed by atoms with Crippen molar-refractivity contribution in [1.82, 2.24) is 19.9 Å². The van der Waals surface area contributed by atoms with Crippen LogP contribution in [0.2, 0.25) is 0 Å². The summed E-state index contributed by atoms with van der Waals surface area (Å²) in [5.41, 5.74) is 11.1. The molecule has 0 radical (unpaired) electrons. The number of rotatable bonds is 5. The lowest BCUT2D eigenvalue weighted by molar-refractivity contribution is 0.380. The Hall–Kier alpha value is -3.26. The van der Waals surface area contributed by atoms with E-state index in [9.17, 15) is 4.39 Å². The molecule has 3 aromatic heterocycles. The largest absolute Gasteiger partial charge is 0.467 e. The maximum atomic E-state index is 14.4. The Kier molecular flexibility index (Phi) is 3.92. The molecule has 0 bridgehead atoms. The van der Waals surface area contributed by atoms with E-state index in [0.717, 1.165) is 51.5 Å². The summed E-state index contributed by atoms with van der Waals surface area (Å²) < 4.78 is 19.5. The lowest BCUT2D eigenvalue weighted by Gasteiger charge is -2.19. The first kappa shape index (κ1) is 17.8. The molecule has 1 fully saturated rings. The molecule has 1 aliphatic carbocycles. The molecule has 7 nitrogen and oxygen atoms in total. The Labute approximate surface area is 166 Å². The fraction of sp³-hybridized carbons (Fsp3) is 0.286. The first-order chi connectivity index (χ1) is 14.1. The van der Waals surface area contributed by atoms with Gasteiger partial charge in [0, 0.05) is 59.5 Å². The highest BCUT2D eigenvalue weighted by Gasteiger charge is 2.46. The number of nitrogens with two attached hydrogens (primary N) is 1. The summed E-state index contributed by atoms with van der Waals surface area (Å²) in [6.07, 6.45) is 7.23. The molecule has 0 atom stereocenters. The Morgan fingerprint density at radius 3 is 2.59 bits per heavy atom. The number of anilines is 1. The molecule has 0 aliphatic heterocycles. The number of aromatic nitrogens is 4. The molecule has 0 amide bonds. The van der Waals surface area contributed by atoms with E-state index in [0.29, 0.717) is 18.2 Å². The first-order valence-corrected chi connectivity index (χ1v) is 9.49. The monoisotopic (exact) mass is 392 g/mol. The number of nitrogens with zero attached hydrogens (tertiary/aromatic N) is 3. The van der Waals surface area contributed by atoms with Gasteiger partial charge in [-0.2, -0.15) is 0 Å². The summed E-state index contributed by atoms with van der Waals surface area (Å²) in [6, 6.07) is 3.34. The van der Waals surface area contributed by atoms with E-state index in [1.807, 2.05) is 6.20 Å². The zero-order chi connectivity index (χ0) is 20.2. The van der Waals surface area contributed by atoms with Gasteiger partial charge < -0.3 is 20.8 Å². The Morgan fingerprint density at radius 1 is 1.21 bits per heavy atom. The van der Waals surface area contributed by atoms with Crippen LogP contribution < -0.4 is 15.8 Å². The molecule has 0 unspecified atom stereocenters. The van der Waals surface area contributed by atoms with E-state index in [2.05, 4.69) is 25.3 Å². The lowest BCUT2D eigenvalue weighted by atomic mass is 9.87. The molecule has 29 heavy (non-hydrogen) atoms. The van der Waals surface area contributed by atoms with Gasteiger partial charge in [0.1, 0.15) is 11.5 Å². The molecule has 8 heteroatoms. The number of hydrogen-bond acceptors (Lipinski definition) is 6. The van der Waals surface area contributed by atoms with Gasteiger partial charge in [-0.3, -0.25) is 0 Å². The molecular formula is C21H21FN6O. The second-order valence-electron chi connectivity index (χ2n) is 7.46. The topological polar surface area (TPSA) is 102 Å². The number of methoxy groups -OCH3 is 1. The molecule has 1 aliphatic rings. The predicted octanol–water partition coefficient (Wildman–Crippen LogP) is 3.35. The van der Waals surface area contributed by atoms with Crippen LogP contribution in [0, 0.1) is 5.82 Å². The normalized spacial score (nSPS) is 15.0. The maximum Gasteiger partial charge on any atom is 0.316 e. The minimum atomic E-state index is -0.301. The molecule has 1 saturated carbocycles. The van der Waals surface area contributed by atoms with Crippen LogP contribution in [0.25, 0.3) is 33.1 Å². The summed E-state index contributed by atoms with van der Waals surface area (Å²) in [4.78, 5) is 16.5. The van der Waals surface area contributed by atoms with Gasteiger partial charge in [-0.25, -0.2) is 19.3 Å². The van der Waals surface area contributed by atoms with E-state index >= 15 is 0 Å². The number of pyridine rings is 1. The average Bonchev–Trinajstić information content (AvgIpc) is 3.47. The van der Waals surface area contributed by atoms with E-state index in [-0.39, 0.29) is 11.2 Å². The molecule has 5 rings (SSSR count). The van der Waals surface area contributed by atoms with Gasteiger partial charge in [0.05, 0.1) is 18.3 Å². The third kappa shape index (κ3) is 2.63. The second-order valence-corrected chi connectivity index (χ2v) is 7.46. The van der Waals surface area contributed by atoms with Crippen molar-refractivity contribution in [1.29, 1.82) is 0 Å². The molecule has 1 aromatic carbocycles. The highest BCUT2D eigenvalue weighted by atomic mass is 19.1. The third-order valence-corrected chi connectivity index (χ3v) is 5.86. The minimum absolute atomic E-state index is 0.155. The Balaban J connectivity index is 1.88. The van der Waals surface area contributed by atoms with E-state index < -0.39 is 0 Å². The number of halogens is 1. The fourth-order valence-corrected chi connectivity index (χ4v) is 4.16. The lowest BCUT2D eigenvalue weighted by Crippen LogP contribution is -2.21. The standard InChI is InChI=1S/C21H21FN6O/c1-24-15-6-12(22)5-13-16-17(21(10-23)3-4-21)14(9-25-19(16)28-18(13)15)11-7-26-20(29-2)27-8-11/h5-9,24H,3-4,10,23H2,1-2H3,(H,25,28). The number of aromatic amines is 1. The van der Waals surface area contributed by atoms with Gasteiger partial charge in [-0.1, -0.05) is 0 Å². The summed E-state index contributed by atoms with van der Waals surface area (Å²) >= 11 is 0. The van der Waals surface area contributed by atoms with Gasteiger partial charge in [-0.15, -0.1) is 0 Å². The number of H-pyrrole nitrogens is 1. The summed E-state index contributed by atoms with van der Waals surface area (Å²) in [5, 5.41) is 4.76. The zero-order valence-corrected chi connectivity index (χ0v) is 16.2. The van der Waals surface area contributed by atoms with Crippen LogP contribution in [0.1, 0.15) is 18.4 Å². The molecule has 0 saturated heterocycles. The minimum Gasteiger partial charge on any atom is -0.467 e. The summed E-state index contributed by atoms with van der Waals surface area (Å²) in [7, 11) is 3.30. The Bertz CT molecular complexity index is 1230. The van der Waals surface area contributed by atoms with Crippen LogP contribution >= 0.6 is 0 Å². The van der Waals surface area contributed by atoms with Gasteiger partial charge in [0.25, 0.3) is 0 Å². The highest BCUT2D eigenvalue weighted by Crippen LogP contribution is 2.53. The van der Waals surface area contributed by atoms with Crippen LogP contribution in [0.4, 0.5) is 10.1 Å². The van der Waals surface area contributed by atoms with Crippen molar-refractivity contribution in [3.05, 3.63) is 42.1 Å². The molecule has 148 valence electrons. The number of benzene rings is 1. The van der Waals surface area contributed by atoms with E-state index in [1.54, 1.807) is 25.5 Å². The smallest absolute Gasteiger partial charge is 0.316 e. The number of ether oxygens (including phenoxy) is 1. The average molecular weight is 392 g/mol. The second kappa shape index (κ2) is 6.38.